The molecular formula is C6H16NO2PSe. The fourth-order valence-electron chi connectivity index (χ4n) is 0.875. The maximum absolute atomic E-state index is 5.29. The van der Waals surface area contributed by atoms with Crippen molar-refractivity contribution in [3.63, 3.8) is 0 Å². The van der Waals surface area contributed by atoms with Crippen molar-refractivity contribution < 1.29 is 9.05 Å². The number of hydrogen-bond acceptors (Lipinski definition) is 3. The first-order valence-electron chi connectivity index (χ1n) is 3.61. The molecular weight excluding hydrogens is 228 g/mol. The average Bonchev–Trinajstić information content (AvgIpc) is 2.06. The van der Waals surface area contributed by atoms with Crippen LogP contribution in [0, 0.1) is 0 Å². The van der Waals surface area contributed by atoms with Gasteiger partial charge in [-0.3, -0.25) is 0 Å². The van der Waals surface area contributed by atoms with E-state index in [0.29, 0.717) is 0 Å². The van der Waals surface area contributed by atoms with E-state index >= 15 is 0 Å². The normalized spacial score (nSPS) is 12.5. The van der Waals surface area contributed by atoms with Gasteiger partial charge in [0, 0.05) is 0 Å². The molecule has 0 aromatic rings. The van der Waals surface area contributed by atoms with Gasteiger partial charge < -0.3 is 0 Å². The van der Waals surface area contributed by atoms with E-state index < -0.39 is 6.11 Å². The molecule has 11 heavy (non-hydrogen) atoms. The molecule has 0 spiro atoms. The van der Waals surface area contributed by atoms with Crippen LogP contribution in [-0.2, 0) is 9.05 Å². The van der Waals surface area contributed by atoms with Gasteiger partial charge in [0.25, 0.3) is 0 Å². The molecule has 0 fully saturated rings. The summed E-state index contributed by atoms with van der Waals surface area (Å²) in [5, 5.41) is 0. The molecule has 0 amide bonds. The summed E-state index contributed by atoms with van der Waals surface area (Å²) >= 11 is 2.98. The quantitative estimate of drug-likeness (QED) is 0.540. The van der Waals surface area contributed by atoms with Crippen molar-refractivity contribution in [1.29, 1.82) is 0 Å². The standard InChI is InChI=1S/C6H16NO2PSe/c1-5-7(6-2)10(11,8-3)9-4/h5-6H2,1-4H3. The van der Waals surface area contributed by atoms with Crippen molar-refractivity contribution in [2.24, 2.45) is 0 Å². The zero-order chi connectivity index (χ0) is 8.91. The predicted molar refractivity (Wildman–Crippen MR) is 49.6 cm³/mol. The Balaban J connectivity index is 4.32. The second-order valence-corrected chi connectivity index (χ2v) is 7.11. The van der Waals surface area contributed by atoms with E-state index in [-0.39, 0.29) is 0 Å². The van der Waals surface area contributed by atoms with E-state index in [0.717, 1.165) is 13.1 Å². The van der Waals surface area contributed by atoms with Gasteiger partial charge in [0.15, 0.2) is 0 Å². The Kier molecular flexibility index (Phi) is 5.88. The van der Waals surface area contributed by atoms with E-state index in [4.69, 9.17) is 9.05 Å². The van der Waals surface area contributed by atoms with Crippen LogP contribution in [0.5, 0.6) is 0 Å². The third kappa shape index (κ3) is 2.98. The first kappa shape index (κ1) is 11.8. The molecule has 0 N–H and O–H groups in total. The zero-order valence-corrected chi connectivity index (χ0v) is 10.1. The number of nitrogens with zero attached hydrogens (tertiary/aromatic N) is 1. The second-order valence-electron chi connectivity index (χ2n) is 1.97. The fraction of sp³-hybridized carbons (Fsp3) is 1.00. The molecule has 0 aromatic heterocycles. The van der Waals surface area contributed by atoms with Crippen molar-refractivity contribution in [3.8, 4) is 0 Å². The van der Waals surface area contributed by atoms with E-state index in [1.54, 1.807) is 14.2 Å². The summed E-state index contributed by atoms with van der Waals surface area (Å²) in [7, 11) is 3.35. The van der Waals surface area contributed by atoms with Crippen molar-refractivity contribution in [2.75, 3.05) is 27.3 Å². The van der Waals surface area contributed by atoms with Crippen molar-refractivity contribution >= 4 is 21.2 Å². The Morgan fingerprint density at radius 1 is 1.18 bits per heavy atom. The molecule has 0 aliphatic carbocycles. The first-order chi connectivity index (χ1) is 5.14. The van der Waals surface area contributed by atoms with Crippen LogP contribution < -0.4 is 0 Å². The molecule has 3 nitrogen and oxygen atoms in total. The van der Waals surface area contributed by atoms with Crippen molar-refractivity contribution in [2.45, 2.75) is 13.8 Å². The third-order valence-electron chi connectivity index (χ3n) is 1.54. The van der Waals surface area contributed by atoms with E-state index in [9.17, 15) is 0 Å². The summed E-state index contributed by atoms with van der Waals surface area (Å²) in [6.45, 7) is 6.07. The number of hydrogen-bond donors (Lipinski definition) is 0. The molecule has 0 heterocycles. The maximum atomic E-state index is 5.29. The molecule has 0 bridgehead atoms. The summed E-state index contributed by atoms with van der Waals surface area (Å²) in [5.74, 6) is 0. The van der Waals surface area contributed by atoms with Gasteiger partial charge in [-0.25, -0.2) is 0 Å². The Morgan fingerprint density at radius 3 is 1.64 bits per heavy atom. The topological polar surface area (TPSA) is 21.7 Å². The van der Waals surface area contributed by atoms with Gasteiger partial charge in [0.1, 0.15) is 0 Å². The van der Waals surface area contributed by atoms with Crippen LogP contribution in [0.1, 0.15) is 13.8 Å². The molecule has 0 aliphatic rings. The fourth-order valence-corrected chi connectivity index (χ4v) is 3.63. The Hall–Kier alpha value is 0.829. The van der Waals surface area contributed by atoms with Crippen molar-refractivity contribution in [1.82, 2.24) is 4.67 Å². The molecule has 0 saturated heterocycles. The molecule has 0 aliphatic heterocycles. The van der Waals surface area contributed by atoms with Crippen LogP contribution in [0.25, 0.3) is 0 Å². The second kappa shape index (κ2) is 5.47. The van der Waals surface area contributed by atoms with Gasteiger partial charge >= 0.3 is 76.1 Å². The summed E-state index contributed by atoms with van der Waals surface area (Å²) < 4.78 is 12.7. The molecule has 0 saturated carbocycles. The van der Waals surface area contributed by atoms with Gasteiger partial charge in [-0.05, 0) is 0 Å². The Labute approximate surface area is 76.5 Å². The van der Waals surface area contributed by atoms with Crippen LogP contribution in [0.4, 0.5) is 0 Å². The molecule has 0 rings (SSSR count). The van der Waals surface area contributed by atoms with Gasteiger partial charge in [0.2, 0.25) is 0 Å². The van der Waals surface area contributed by atoms with Crippen LogP contribution in [-0.4, -0.2) is 47.1 Å². The molecule has 68 valence electrons. The average molecular weight is 244 g/mol. The van der Waals surface area contributed by atoms with E-state index in [1.807, 2.05) is 0 Å². The molecule has 0 radical (unpaired) electrons. The van der Waals surface area contributed by atoms with Crippen LogP contribution in [0.15, 0.2) is 0 Å². The van der Waals surface area contributed by atoms with Gasteiger partial charge in [0.05, 0.1) is 0 Å². The summed E-state index contributed by atoms with van der Waals surface area (Å²) in [4.78, 5) is 0. The van der Waals surface area contributed by atoms with Crippen LogP contribution in [0.2, 0.25) is 0 Å². The SMILES string of the molecule is CCN(CC)P(=[Se])(OC)OC. The van der Waals surface area contributed by atoms with Gasteiger partial charge in [-0.2, -0.15) is 0 Å². The zero-order valence-electron chi connectivity index (χ0n) is 7.53. The van der Waals surface area contributed by atoms with Gasteiger partial charge in [-0.15, -0.1) is 0 Å². The van der Waals surface area contributed by atoms with E-state index in [1.165, 1.54) is 0 Å². The first-order valence-corrected chi connectivity index (χ1v) is 7.40. The molecule has 0 unspecified atom stereocenters. The van der Waals surface area contributed by atoms with Crippen molar-refractivity contribution in [3.05, 3.63) is 0 Å². The third-order valence-corrected chi connectivity index (χ3v) is 7.05. The molecule has 0 aromatic carbocycles. The Morgan fingerprint density at radius 2 is 1.55 bits per heavy atom. The van der Waals surface area contributed by atoms with Crippen LogP contribution in [0.3, 0.4) is 0 Å². The summed E-state index contributed by atoms with van der Waals surface area (Å²) in [5.41, 5.74) is 0. The summed E-state index contributed by atoms with van der Waals surface area (Å²) in [6, 6.07) is 0. The van der Waals surface area contributed by atoms with Gasteiger partial charge in [-0.1, -0.05) is 0 Å². The minimum atomic E-state index is -1.83. The minimum absolute atomic E-state index is 0.943. The summed E-state index contributed by atoms with van der Waals surface area (Å²) in [6.07, 6.45) is -1.83. The molecule has 5 heteroatoms. The molecule has 0 atom stereocenters. The Bertz CT molecular complexity index is 142. The predicted octanol–water partition coefficient (Wildman–Crippen LogP) is 1.47. The van der Waals surface area contributed by atoms with Crippen LogP contribution >= 0.6 is 6.11 Å². The van der Waals surface area contributed by atoms with E-state index in [2.05, 4.69) is 33.6 Å². The number of rotatable bonds is 5. The monoisotopic (exact) mass is 245 g/mol.